The molecule has 3 aromatic rings. The minimum Gasteiger partial charge on any atom is -0.459 e. The normalized spacial score (nSPS) is 11.4. The Morgan fingerprint density at radius 2 is 1.53 bits per heavy atom. The second kappa shape index (κ2) is 10.4. The third-order valence-electron chi connectivity index (χ3n) is 3.91. The van der Waals surface area contributed by atoms with Gasteiger partial charge in [0.05, 0.1) is 17.7 Å². The van der Waals surface area contributed by atoms with Gasteiger partial charge in [0.15, 0.2) is 0 Å². The molecule has 32 heavy (non-hydrogen) atoms. The molecule has 2 aromatic carbocycles. The van der Waals surface area contributed by atoms with E-state index in [4.69, 9.17) is 27.6 Å². The molecule has 0 aliphatic heterocycles. The van der Waals surface area contributed by atoms with Crippen molar-refractivity contribution < 1.29 is 22.4 Å². The predicted molar refractivity (Wildman–Crippen MR) is 120 cm³/mol. The molecule has 0 unspecified atom stereocenters. The molecule has 9 nitrogen and oxygen atoms in total. The highest BCUT2D eigenvalue weighted by atomic mass is 35.5. The highest BCUT2D eigenvalue weighted by Crippen LogP contribution is 2.15. The smallest absolute Gasteiger partial charge is 0.329 e. The largest absolute Gasteiger partial charge is 0.459 e. The molecule has 166 valence electrons. The van der Waals surface area contributed by atoms with Gasteiger partial charge in [-0.25, -0.2) is 18.6 Å². The van der Waals surface area contributed by atoms with Gasteiger partial charge in [-0.1, -0.05) is 23.2 Å². The van der Waals surface area contributed by atoms with Crippen molar-refractivity contribution in [2.24, 2.45) is 5.10 Å². The van der Waals surface area contributed by atoms with Gasteiger partial charge in [-0.05, 0) is 60.7 Å². The zero-order valence-corrected chi connectivity index (χ0v) is 18.5. The average molecular weight is 495 g/mol. The summed E-state index contributed by atoms with van der Waals surface area (Å²) >= 11 is 11.5. The molecule has 0 spiro atoms. The molecule has 0 saturated heterocycles. The second-order valence-corrected chi connectivity index (χ2v) is 8.88. The zero-order valence-electron chi connectivity index (χ0n) is 16.2. The number of rotatable bonds is 7. The van der Waals surface area contributed by atoms with E-state index >= 15 is 0 Å². The van der Waals surface area contributed by atoms with Gasteiger partial charge in [0.25, 0.3) is 0 Å². The Hall–Kier alpha value is -3.18. The van der Waals surface area contributed by atoms with Crippen LogP contribution in [0.1, 0.15) is 11.5 Å². The van der Waals surface area contributed by atoms with E-state index in [1.807, 2.05) is 0 Å². The summed E-state index contributed by atoms with van der Waals surface area (Å²) < 4.78 is 32.4. The van der Waals surface area contributed by atoms with Gasteiger partial charge in [0.2, 0.25) is 10.0 Å². The Balaban J connectivity index is 1.49. The molecule has 1 heterocycles. The fraction of sp³-hybridized carbons (Fsp3) is 0.0500. The maximum atomic E-state index is 12.3. The first kappa shape index (κ1) is 23.5. The molecule has 0 aliphatic carbocycles. The Kier molecular flexibility index (Phi) is 7.65. The summed E-state index contributed by atoms with van der Waals surface area (Å²) in [7, 11) is -3.74. The van der Waals surface area contributed by atoms with Crippen LogP contribution in [0.25, 0.3) is 0 Å². The lowest BCUT2D eigenvalue weighted by atomic mass is 10.3. The van der Waals surface area contributed by atoms with E-state index in [9.17, 15) is 18.0 Å². The first-order valence-electron chi connectivity index (χ1n) is 8.97. The van der Waals surface area contributed by atoms with Crippen molar-refractivity contribution in [3.8, 4) is 0 Å². The number of hydrogen-bond donors (Lipinski definition) is 3. The van der Waals surface area contributed by atoms with E-state index < -0.39 is 21.8 Å². The van der Waals surface area contributed by atoms with Crippen molar-refractivity contribution in [2.75, 3.05) is 5.32 Å². The van der Waals surface area contributed by atoms with Crippen LogP contribution < -0.4 is 15.5 Å². The monoisotopic (exact) mass is 494 g/mol. The third-order valence-corrected chi connectivity index (χ3v) is 5.83. The number of nitrogens with one attached hydrogen (secondary N) is 3. The van der Waals surface area contributed by atoms with Crippen LogP contribution in [0.15, 0.2) is 75.1 Å². The maximum Gasteiger partial charge on any atom is 0.329 e. The highest BCUT2D eigenvalue weighted by molar-refractivity contribution is 7.89. The predicted octanol–water partition coefficient (Wildman–Crippen LogP) is 3.15. The summed E-state index contributed by atoms with van der Waals surface area (Å²) in [6, 6.07) is 15.0. The standard InChI is InChI=1S/C20H16Cl2N4O5S/c21-13-1-5-15(6-2-13)25-19(27)20(28)26-23-11-16-7-8-17(31-16)12-24-32(29,30)18-9-3-14(22)4-10-18/h1-11,24H,12H2,(H,25,27)(H,26,28)/b23-11+. The van der Waals surface area contributed by atoms with Crippen LogP contribution in [-0.2, 0) is 26.2 Å². The van der Waals surface area contributed by atoms with E-state index in [2.05, 4.69) is 20.6 Å². The van der Waals surface area contributed by atoms with Gasteiger partial charge in [-0.3, -0.25) is 9.59 Å². The van der Waals surface area contributed by atoms with Gasteiger partial charge in [0.1, 0.15) is 11.5 Å². The number of carbonyl (C=O) groups is 2. The number of carbonyl (C=O) groups excluding carboxylic acids is 2. The lowest BCUT2D eigenvalue weighted by Crippen LogP contribution is -2.32. The van der Waals surface area contributed by atoms with Crippen molar-refractivity contribution in [1.29, 1.82) is 0 Å². The number of benzene rings is 2. The molecule has 1 aromatic heterocycles. The highest BCUT2D eigenvalue weighted by Gasteiger charge is 2.15. The quantitative estimate of drug-likeness (QED) is 0.264. The third kappa shape index (κ3) is 6.66. The molecule has 3 N–H and O–H groups in total. The summed E-state index contributed by atoms with van der Waals surface area (Å²) in [4.78, 5) is 23.7. The van der Waals surface area contributed by atoms with Crippen molar-refractivity contribution >= 4 is 56.9 Å². The lowest BCUT2D eigenvalue weighted by molar-refractivity contribution is -0.136. The summed E-state index contributed by atoms with van der Waals surface area (Å²) in [6.45, 7) is -0.103. The average Bonchev–Trinajstić information content (AvgIpc) is 3.22. The summed E-state index contributed by atoms with van der Waals surface area (Å²) in [5.41, 5.74) is 2.46. The fourth-order valence-electron chi connectivity index (χ4n) is 2.35. The van der Waals surface area contributed by atoms with Crippen LogP contribution in [0, 0.1) is 0 Å². The number of hydrogen-bond acceptors (Lipinski definition) is 6. The van der Waals surface area contributed by atoms with Gasteiger partial charge in [-0.2, -0.15) is 5.10 Å². The lowest BCUT2D eigenvalue weighted by Gasteiger charge is -2.05. The number of sulfonamides is 1. The van der Waals surface area contributed by atoms with E-state index in [1.54, 1.807) is 30.3 Å². The van der Waals surface area contributed by atoms with Crippen LogP contribution in [0.3, 0.4) is 0 Å². The fourth-order valence-corrected chi connectivity index (χ4v) is 3.59. The van der Waals surface area contributed by atoms with Crippen molar-refractivity contribution in [3.63, 3.8) is 0 Å². The molecule has 3 rings (SSSR count). The first-order valence-corrected chi connectivity index (χ1v) is 11.2. The maximum absolute atomic E-state index is 12.3. The van der Waals surface area contributed by atoms with Crippen molar-refractivity contribution in [1.82, 2.24) is 10.1 Å². The Morgan fingerprint density at radius 3 is 2.19 bits per heavy atom. The topological polar surface area (TPSA) is 130 Å². The number of furan rings is 1. The van der Waals surface area contributed by atoms with Crippen LogP contribution in [0.4, 0.5) is 5.69 Å². The molecule has 2 amide bonds. The van der Waals surface area contributed by atoms with E-state index in [1.165, 1.54) is 36.5 Å². The molecule has 12 heteroatoms. The SMILES string of the molecule is O=C(N/N=C/c1ccc(CNS(=O)(=O)c2ccc(Cl)cc2)o1)C(=O)Nc1ccc(Cl)cc1. The molecular weight excluding hydrogens is 479 g/mol. The van der Waals surface area contributed by atoms with Gasteiger partial charge < -0.3 is 9.73 Å². The number of hydrazone groups is 1. The minimum atomic E-state index is -3.74. The van der Waals surface area contributed by atoms with Gasteiger partial charge in [-0.15, -0.1) is 0 Å². The van der Waals surface area contributed by atoms with E-state index in [0.29, 0.717) is 21.5 Å². The van der Waals surface area contributed by atoms with Gasteiger partial charge in [0, 0.05) is 15.7 Å². The summed E-state index contributed by atoms with van der Waals surface area (Å²) in [5, 5.41) is 6.95. The van der Waals surface area contributed by atoms with Gasteiger partial charge >= 0.3 is 11.8 Å². The number of anilines is 1. The molecule has 0 fully saturated rings. The van der Waals surface area contributed by atoms with Crippen LogP contribution in [0.2, 0.25) is 10.0 Å². The Morgan fingerprint density at radius 1 is 0.906 bits per heavy atom. The molecule has 0 aliphatic rings. The number of nitrogens with zero attached hydrogens (tertiary/aromatic N) is 1. The molecule has 0 bridgehead atoms. The molecule has 0 saturated carbocycles. The van der Waals surface area contributed by atoms with Crippen molar-refractivity contribution in [3.05, 3.63) is 82.2 Å². The second-order valence-electron chi connectivity index (χ2n) is 6.24. The molecule has 0 atom stereocenters. The Labute approximate surface area is 193 Å². The molecular formula is C20H16Cl2N4O5S. The molecule has 0 radical (unpaired) electrons. The Bertz CT molecular complexity index is 1240. The summed E-state index contributed by atoms with van der Waals surface area (Å²) in [6.07, 6.45) is 1.17. The van der Waals surface area contributed by atoms with Crippen LogP contribution in [0.5, 0.6) is 0 Å². The first-order chi connectivity index (χ1) is 15.2. The summed E-state index contributed by atoms with van der Waals surface area (Å²) in [5.74, 6) is -1.35. The number of halogens is 2. The van der Waals surface area contributed by atoms with Crippen LogP contribution >= 0.6 is 23.2 Å². The van der Waals surface area contributed by atoms with Crippen LogP contribution in [-0.4, -0.2) is 26.4 Å². The number of amides is 2. The van der Waals surface area contributed by atoms with E-state index in [0.717, 1.165) is 0 Å². The van der Waals surface area contributed by atoms with E-state index in [-0.39, 0.29) is 17.2 Å². The van der Waals surface area contributed by atoms with Crippen molar-refractivity contribution in [2.45, 2.75) is 11.4 Å². The zero-order chi connectivity index (χ0) is 23.1. The minimum absolute atomic E-state index is 0.0647.